The molecule has 1 fully saturated rings. The van der Waals surface area contributed by atoms with E-state index in [1.54, 1.807) is 17.7 Å². The van der Waals surface area contributed by atoms with Crippen LogP contribution in [0.2, 0.25) is 0 Å². The van der Waals surface area contributed by atoms with Crippen molar-refractivity contribution in [1.82, 2.24) is 24.5 Å². The Morgan fingerprint density at radius 1 is 1.10 bits per heavy atom. The van der Waals surface area contributed by atoms with Crippen molar-refractivity contribution in [3.8, 4) is 11.3 Å². The zero-order valence-electron chi connectivity index (χ0n) is 24.8. The Kier molecular flexibility index (Phi) is 5.43. The van der Waals surface area contributed by atoms with Crippen LogP contribution in [0.4, 0.5) is 13.2 Å². The topological polar surface area (TPSA) is 82.7 Å². The first-order valence-electron chi connectivity index (χ1n) is 14.3. The Morgan fingerprint density at radius 3 is 2.50 bits per heavy atom. The van der Waals surface area contributed by atoms with E-state index in [4.69, 9.17) is 4.11 Å². The number of benzene rings is 2. The number of aromatic nitrogens is 5. The van der Waals surface area contributed by atoms with Gasteiger partial charge in [-0.05, 0) is 49.4 Å². The molecule has 1 aliphatic rings. The maximum Gasteiger partial charge on any atom is 0.248 e. The highest BCUT2D eigenvalue weighted by Gasteiger charge is 2.39. The van der Waals surface area contributed by atoms with Crippen LogP contribution < -0.4 is 0 Å². The first-order valence-corrected chi connectivity index (χ1v) is 14.7. The molecule has 0 aliphatic heterocycles. The molecule has 208 valence electrons. The summed E-state index contributed by atoms with van der Waals surface area (Å²) in [5, 5.41) is 7.83. The number of sulfone groups is 1. The smallest absolute Gasteiger partial charge is 0.248 e. The standard InChI is InChI=1S/C29H28F3N5O2S/c1-17-27(36(2)35-34-17)20-13-24-26(33-16-20)25-22(30)14-21(40(3,38)39)15-23(25)37(24)28(18-7-5-4-6-8-18)19-9-11-29(31,32)12-10-19/h4-8,13-16,19,28H,9-12H2,1-3H3/i1D3. The number of hydrogen-bond donors (Lipinski definition) is 0. The van der Waals surface area contributed by atoms with E-state index < -0.39 is 34.5 Å². The van der Waals surface area contributed by atoms with Gasteiger partial charge in [-0.2, -0.15) is 0 Å². The van der Waals surface area contributed by atoms with Crippen LogP contribution in [0.1, 0.15) is 47.1 Å². The Bertz CT molecular complexity index is 1960. The quantitative estimate of drug-likeness (QED) is 0.249. The Labute approximate surface area is 233 Å². The highest BCUT2D eigenvalue weighted by Crippen LogP contribution is 2.46. The van der Waals surface area contributed by atoms with Gasteiger partial charge < -0.3 is 4.57 Å². The molecule has 40 heavy (non-hydrogen) atoms. The van der Waals surface area contributed by atoms with Crippen molar-refractivity contribution < 1.29 is 25.7 Å². The van der Waals surface area contributed by atoms with Crippen molar-refractivity contribution in [1.29, 1.82) is 0 Å². The average Bonchev–Trinajstić information content (AvgIpc) is 3.48. The molecule has 1 saturated carbocycles. The molecule has 2 aromatic carbocycles. The fraction of sp³-hybridized carbons (Fsp3) is 0.345. The lowest BCUT2D eigenvalue weighted by Crippen LogP contribution is -2.30. The van der Waals surface area contributed by atoms with Gasteiger partial charge in [-0.25, -0.2) is 26.3 Å². The van der Waals surface area contributed by atoms with Gasteiger partial charge >= 0.3 is 0 Å². The van der Waals surface area contributed by atoms with Crippen LogP contribution in [-0.4, -0.2) is 45.1 Å². The third-order valence-corrected chi connectivity index (χ3v) is 8.91. The fourth-order valence-corrected chi connectivity index (χ4v) is 6.58. The number of fused-ring (bicyclic) bond motifs is 3. The molecule has 0 bridgehead atoms. The second-order valence-corrected chi connectivity index (χ2v) is 12.5. The summed E-state index contributed by atoms with van der Waals surface area (Å²) >= 11 is 0. The number of hydrogen-bond acceptors (Lipinski definition) is 5. The summed E-state index contributed by atoms with van der Waals surface area (Å²) in [6, 6.07) is 12.6. The van der Waals surface area contributed by atoms with Gasteiger partial charge in [0.25, 0.3) is 0 Å². The summed E-state index contributed by atoms with van der Waals surface area (Å²) < 4.78 is 96.7. The molecule has 1 unspecified atom stereocenters. The highest BCUT2D eigenvalue weighted by molar-refractivity contribution is 7.90. The predicted octanol–water partition coefficient (Wildman–Crippen LogP) is 6.25. The van der Waals surface area contributed by atoms with Crippen molar-refractivity contribution >= 4 is 31.8 Å². The molecule has 11 heteroatoms. The molecule has 7 nitrogen and oxygen atoms in total. The number of halogens is 3. The van der Waals surface area contributed by atoms with Crippen molar-refractivity contribution in [3.05, 3.63) is 71.8 Å². The minimum Gasteiger partial charge on any atom is -0.331 e. The van der Waals surface area contributed by atoms with Crippen molar-refractivity contribution in [2.45, 2.75) is 49.4 Å². The van der Waals surface area contributed by atoms with Crippen LogP contribution in [0, 0.1) is 18.6 Å². The lowest BCUT2D eigenvalue weighted by Gasteiger charge is -2.35. The summed E-state index contributed by atoms with van der Waals surface area (Å²) in [5.74, 6) is -3.89. The molecule has 0 radical (unpaired) electrons. The predicted molar refractivity (Wildman–Crippen MR) is 147 cm³/mol. The van der Waals surface area contributed by atoms with E-state index in [0.717, 1.165) is 17.9 Å². The van der Waals surface area contributed by atoms with Crippen LogP contribution in [-0.2, 0) is 16.9 Å². The molecule has 0 amide bonds. The third-order valence-electron chi connectivity index (χ3n) is 7.82. The minimum atomic E-state index is -3.83. The van der Waals surface area contributed by atoms with E-state index >= 15 is 4.39 Å². The van der Waals surface area contributed by atoms with Crippen LogP contribution in [0.25, 0.3) is 33.2 Å². The van der Waals surface area contributed by atoms with E-state index in [9.17, 15) is 17.2 Å². The number of nitrogens with zero attached hydrogens (tertiary/aromatic N) is 5. The van der Waals surface area contributed by atoms with Crippen LogP contribution >= 0.6 is 0 Å². The summed E-state index contributed by atoms with van der Waals surface area (Å²) in [6.07, 6.45) is 2.14. The van der Waals surface area contributed by atoms with Gasteiger partial charge in [0.1, 0.15) is 5.82 Å². The monoisotopic (exact) mass is 570 g/mol. The molecular formula is C29H28F3N5O2S. The zero-order valence-corrected chi connectivity index (χ0v) is 22.6. The maximum atomic E-state index is 15.9. The minimum absolute atomic E-state index is 0.0789. The molecule has 5 aromatic rings. The summed E-state index contributed by atoms with van der Waals surface area (Å²) in [4.78, 5) is 4.33. The SMILES string of the molecule is [2H]C([2H])([2H])c1nnn(C)c1-c1cnc2c3c(F)cc(S(C)(=O)=O)cc3n(C(c3ccccc3)C3CCC(F)(F)CC3)c2c1. The van der Waals surface area contributed by atoms with Crippen molar-refractivity contribution in [3.63, 3.8) is 0 Å². The zero-order chi connectivity index (χ0) is 30.9. The van der Waals surface area contributed by atoms with Gasteiger partial charge in [-0.3, -0.25) is 4.98 Å². The van der Waals surface area contributed by atoms with Gasteiger partial charge in [0.2, 0.25) is 5.92 Å². The first kappa shape index (κ1) is 23.0. The third kappa shape index (κ3) is 4.46. The van der Waals surface area contributed by atoms with Gasteiger partial charge in [0.15, 0.2) is 9.84 Å². The Hall–Kier alpha value is -3.73. The Morgan fingerprint density at radius 2 is 1.82 bits per heavy atom. The summed E-state index contributed by atoms with van der Waals surface area (Å²) in [7, 11) is -2.28. The largest absolute Gasteiger partial charge is 0.331 e. The molecule has 0 N–H and O–H groups in total. The molecule has 6 rings (SSSR count). The molecule has 3 aromatic heterocycles. The van der Waals surface area contributed by atoms with E-state index in [1.165, 1.54) is 16.9 Å². The normalized spacial score (nSPS) is 18.5. The van der Waals surface area contributed by atoms with Gasteiger partial charge in [0, 0.05) is 42.0 Å². The lowest BCUT2D eigenvalue weighted by atomic mass is 9.79. The second kappa shape index (κ2) is 9.43. The van der Waals surface area contributed by atoms with Crippen molar-refractivity contribution in [2.75, 3.05) is 6.26 Å². The summed E-state index contributed by atoms with van der Waals surface area (Å²) in [5.41, 5.74) is 1.93. The molecule has 3 heterocycles. The summed E-state index contributed by atoms with van der Waals surface area (Å²) in [6.45, 7) is -2.58. The van der Waals surface area contributed by atoms with E-state index in [2.05, 4.69) is 15.3 Å². The molecular weight excluding hydrogens is 539 g/mol. The lowest BCUT2D eigenvalue weighted by molar-refractivity contribution is -0.0493. The van der Waals surface area contributed by atoms with Gasteiger partial charge in [-0.15, -0.1) is 5.10 Å². The molecule has 1 aliphatic carbocycles. The van der Waals surface area contributed by atoms with Crippen molar-refractivity contribution in [2.24, 2.45) is 13.0 Å². The number of rotatable bonds is 5. The van der Waals surface area contributed by atoms with Gasteiger partial charge in [0.05, 0.1) is 44.3 Å². The fourth-order valence-electron chi connectivity index (χ4n) is 5.94. The van der Waals surface area contributed by atoms with Crippen LogP contribution in [0.3, 0.4) is 0 Å². The number of alkyl halides is 2. The number of aryl methyl sites for hydroxylation is 2. The highest BCUT2D eigenvalue weighted by atomic mass is 32.2. The molecule has 1 atom stereocenters. The molecule has 0 saturated heterocycles. The Balaban J connectivity index is 1.71. The second-order valence-electron chi connectivity index (χ2n) is 10.5. The van der Waals surface area contributed by atoms with E-state index in [-0.39, 0.29) is 64.3 Å². The molecule has 0 spiro atoms. The average molecular weight is 571 g/mol. The first-order chi connectivity index (χ1) is 20.2. The maximum absolute atomic E-state index is 15.9. The van der Waals surface area contributed by atoms with Gasteiger partial charge in [-0.1, -0.05) is 35.5 Å². The van der Waals surface area contributed by atoms with Crippen LogP contribution in [0.15, 0.2) is 59.6 Å². The van der Waals surface area contributed by atoms with E-state index in [1.807, 2.05) is 30.3 Å². The van der Waals surface area contributed by atoms with Crippen LogP contribution in [0.5, 0.6) is 0 Å². The van der Waals surface area contributed by atoms with E-state index in [0.29, 0.717) is 11.1 Å². The number of pyridine rings is 1.